The van der Waals surface area contributed by atoms with Crippen molar-refractivity contribution in [3.63, 3.8) is 0 Å². The fourth-order valence-corrected chi connectivity index (χ4v) is 2.11. The van der Waals surface area contributed by atoms with Crippen molar-refractivity contribution in [2.24, 2.45) is 0 Å². The quantitative estimate of drug-likeness (QED) is 0.376. The topological polar surface area (TPSA) is 90.5 Å². The van der Waals surface area contributed by atoms with Gasteiger partial charge in [0, 0.05) is 16.7 Å². The molecule has 0 aliphatic rings. The van der Waals surface area contributed by atoms with Crippen LogP contribution in [0.25, 0.3) is 6.08 Å². The highest BCUT2D eigenvalue weighted by Gasteiger charge is 2.06. The molecule has 0 spiro atoms. The van der Waals surface area contributed by atoms with E-state index in [2.05, 4.69) is 16.2 Å². The number of carbonyl (C=O) groups excluding carboxylic acids is 2. The summed E-state index contributed by atoms with van der Waals surface area (Å²) < 4.78 is 0. The number of carbonyl (C=O) groups is 2. The minimum absolute atomic E-state index is 0.0533. The molecule has 128 valence electrons. The zero-order chi connectivity index (χ0) is 18.2. The van der Waals surface area contributed by atoms with E-state index in [0.29, 0.717) is 16.1 Å². The molecule has 0 aliphatic heterocycles. The number of hydrogen-bond acceptors (Lipinski definition) is 4. The molecule has 8 heteroatoms. The molecule has 0 atom stereocenters. The number of aromatic hydroxyl groups is 1. The standard InChI is InChI=1S/C17H14ClN3O3S/c18-14-4-2-1-3-11(14)7-10-15(23)19-17(25)21-20-16(24)12-5-8-13(22)9-6-12/h1-10,22H,(H,20,24)(H2,19,21,23,25)/b10-7+. The molecule has 2 aromatic carbocycles. The number of nitrogens with one attached hydrogen (secondary N) is 3. The summed E-state index contributed by atoms with van der Waals surface area (Å²) in [5, 5.41) is 12.0. The fourth-order valence-electron chi connectivity index (χ4n) is 1.76. The highest BCUT2D eigenvalue weighted by atomic mass is 35.5. The summed E-state index contributed by atoms with van der Waals surface area (Å²) in [4.78, 5) is 23.6. The van der Waals surface area contributed by atoms with Gasteiger partial charge in [-0.05, 0) is 54.2 Å². The van der Waals surface area contributed by atoms with Crippen LogP contribution in [0.2, 0.25) is 5.02 Å². The lowest BCUT2D eigenvalue weighted by Crippen LogP contribution is -2.48. The summed E-state index contributed by atoms with van der Waals surface area (Å²) >= 11 is 10.9. The van der Waals surface area contributed by atoms with Gasteiger partial charge in [0.1, 0.15) is 5.75 Å². The zero-order valence-corrected chi connectivity index (χ0v) is 14.4. The number of hydrogen-bond donors (Lipinski definition) is 4. The number of rotatable bonds is 3. The van der Waals surface area contributed by atoms with Crippen molar-refractivity contribution >= 4 is 46.8 Å². The number of halogens is 1. The molecule has 25 heavy (non-hydrogen) atoms. The van der Waals surface area contributed by atoms with E-state index in [1.807, 2.05) is 0 Å². The van der Waals surface area contributed by atoms with Gasteiger partial charge in [-0.15, -0.1) is 0 Å². The molecule has 0 radical (unpaired) electrons. The second-order valence-corrected chi connectivity index (χ2v) is 5.61. The Hall–Kier alpha value is -2.90. The van der Waals surface area contributed by atoms with Crippen molar-refractivity contribution in [1.82, 2.24) is 16.2 Å². The lowest BCUT2D eigenvalue weighted by atomic mass is 10.2. The Bertz CT molecular complexity index is 822. The summed E-state index contributed by atoms with van der Waals surface area (Å²) in [6, 6.07) is 12.7. The molecule has 0 fully saturated rings. The van der Waals surface area contributed by atoms with Gasteiger partial charge in [-0.2, -0.15) is 0 Å². The van der Waals surface area contributed by atoms with Crippen molar-refractivity contribution in [2.75, 3.05) is 0 Å². The molecule has 0 saturated carbocycles. The Morgan fingerprint density at radius 1 is 1.04 bits per heavy atom. The number of phenols is 1. The third-order valence-electron chi connectivity index (χ3n) is 2.98. The van der Waals surface area contributed by atoms with Crippen LogP contribution in [0, 0.1) is 0 Å². The van der Waals surface area contributed by atoms with Gasteiger partial charge in [0.15, 0.2) is 5.11 Å². The average Bonchev–Trinajstić information content (AvgIpc) is 2.59. The first-order valence-corrected chi connectivity index (χ1v) is 7.87. The Morgan fingerprint density at radius 3 is 2.40 bits per heavy atom. The van der Waals surface area contributed by atoms with Crippen LogP contribution in [0.5, 0.6) is 5.75 Å². The molecule has 0 bridgehead atoms. The maximum absolute atomic E-state index is 11.8. The van der Waals surface area contributed by atoms with Crippen molar-refractivity contribution in [3.05, 3.63) is 70.8 Å². The van der Waals surface area contributed by atoms with Crippen molar-refractivity contribution in [2.45, 2.75) is 0 Å². The van der Waals surface area contributed by atoms with Gasteiger partial charge in [0.2, 0.25) is 5.91 Å². The highest BCUT2D eigenvalue weighted by molar-refractivity contribution is 7.80. The summed E-state index contributed by atoms with van der Waals surface area (Å²) in [5.74, 6) is -0.892. The van der Waals surface area contributed by atoms with Crippen LogP contribution in [0.1, 0.15) is 15.9 Å². The van der Waals surface area contributed by atoms with E-state index in [9.17, 15) is 14.7 Å². The van der Waals surface area contributed by atoms with E-state index in [-0.39, 0.29) is 10.9 Å². The molecule has 2 amide bonds. The second-order valence-electron chi connectivity index (χ2n) is 4.80. The van der Waals surface area contributed by atoms with Crippen LogP contribution >= 0.6 is 23.8 Å². The highest BCUT2D eigenvalue weighted by Crippen LogP contribution is 2.16. The van der Waals surface area contributed by atoms with Gasteiger partial charge in [0.05, 0.1) is 0 Å². The van der Waals surface area contributed by atoms with Crippen LogP contribution in [0.15, 0.2) is 54.6 Å². The number of benzene rings is 2. The number of phenolic OH excluding ortho intramolecular Hbond substituents is 1. The number of amides is 2. The predicted molar refractivity (Wildman–Crippen MR) is 99.9 cm³/mol. The predicted octanol–water partition coefficient (Wildman–Crippen LogP) is 2.39. The van der Waals surface area contributed by atoms with Gasteiger partial charge in [-0.3, -0.25) is 25.8 Å². The molecule has 0 heterocycles. The maximum atomic E-state index is 11.8. The van der Waals surface area contributed by atoms with Crippen LogP contribution in [-0.2, 0) is 4.79 Å². The van der Waals surface area contributed by atoms with Crippen LogP contribution in [0.4, 0.5) is 0 Å². The van der Waals surface area contributed by atoms with Gasteiger partial charge < -0.3 is 5.11 Å². The lowest BCUT2D eigenvalue weighted by Gasteiger charge is -2.09. The zero-order valence-electron chi connectivity index (χ0n) is 12.8. The van der Waals surface area contributed by atoms with Crippen LogP contribution in [-0.4, -0.2) is 22.0 Å². The SMILES string of the molecule is O=C(/C=C/c1ccccc1Cl)NC(=S)NNC(=O)c1ccc(O)cc1. The first-order chi connectivity index (χ1) is 12.0. The van der Waals surface area contributed by atoms with E-state index in [1.165, 1.54) is 30.3 Å². The Balaban J connectivity index is 1.81. The van der Waals surface area contributed by atoms with Crippen LogP contribution in [0.3, 0.4) is 0 Å². The van der Waals surface area contributed by atoms with Crippen molar-refractivity contribution in [1.29, 1.82) is 0 Å². The Kier molecular flexibility index (Phi) is 6.50. The molecule has 0 aliphatic carbocycles. The molecule has 2 aromatic rings. The minimum atomic E-state index is -0.476. The summed E-state index contributed by atoms with van der Waals surface area (Å²) in [7, 11) is 0. The van der Waals surface area contributed by atoms with Gasteiger partial charge in [0.25, 0.3) is 5.91 Å². The van der Waals surface area contributed by atoms with Gasteiger partial charge in [-0.1, -0.05) is 29.8 Å². The summed E-state index contributed by atoms with van der Waals surface area (Å²) in [6.07, 6.45) is 2.83. The average molecular weight is 376 g/mol. The molecule has 0 saturated heterocycles. The van der Waals surface area contributed by atoms with Crippen LogP contribution < -0.4 is 16.2 Å². The molecular weight excluding hydrogens is 362 g/mol. The van der Waals surface area contributed by atoms with Crippen molar-refractivity contribution in [3.8, 4) is 5.75 Å². The largest absolute Gasteiger partial charge is 0.508 e. The summed E-state index contributed by atoms with van der Waals surface area (Å²) in [5.41, 5.74) is 5.76. The Morgan fingerprint density at radius 2 is 1.72 bits per heavy atom. The van der Waals surface area contributed by atoms with E-state index in [4.69, 9.17) is 23.8 Å². The molecule has 0 aromatic heterocycles. The number of hydrazine groups is 1. The third-order valence-corrected chi connectivity index (χ3v) is 3.52. The van der Waals surface area contributed by atoms with Gasteiger partial charge >= 0.3 is 0 Å². The van der Waals surface area contributed by atoms with E-state index in [1.54, 1.807) is 30.3 Å². The molecule has 6 nitrogen and oxygen atoms in total. The Labute approximate surface area is 154 Å². The molecular formula is C17H14ClN3O3S. The molecule has 0 unspecified atom stereocenters. The second kappa shape index (κ2) is 8.81. The van der Waals surface area contributed by atoms with Gasteiger partial charge in [-0.25, -0.2) is 0 Å². The maximum Gasteiger partial charge on any atom is 0.269 e. The molecule has 4 N–H and O–H groups in total. The van der Waals surface area contributed by atoms with E-state index in [0.717, 1.165) is 0 Å². The first kappa shape index (κ1) is 18.4. The fraction of sp³-hybridized carbons (Fsp3) is 0. The van der Waals surface area contributed by atoms with E-state index >= 15 is 0 Å². The third kappa shape index (κ3) is 5.91. The monoisotopic (exact) mass is 375 g/mol. The minimum Gasteiger partial charge on any atom is -0.508 e. The van der Waals surface area contributed by atoms with Crippen molar-refractivity contribution < 1.29 is 14.7 Å². The first-order valence-electron chi connectivity index (χ1n) is 7.08. The normalized spacial score (nSPS) is 10.3. The smallest absolute Gasteiger partial charge is 0.269 e. The summed E-state index contributed by atoms with van der Waals surface area (Å²) in [6.45, 7) is 0. The number of thiocarbonyl (C=S) groups is 1. The van der Waals surface area contributed by atoms with E-state index < -0.39 is 11.8 Å². The lowest BCUT2D eigenvalue weighted by molar-refractivity contribution is -0.115. The molecule has 2 rings (SSSR count).